The number of halogens is 1. The Labute approximate surface area is 135 Å². The van der Waals surface area contributed by atoms with Gasteiger partial charge in [0.15, 0.2) is 12.2 Å². The molecule has 0 bridgehead atoms. The van der Waals surface area contributed by atoms with E-state index in [0.29, 0.717) is 17.9 Å². The Morgan fingerprint density at radius 3 is 3.00 bits per heavy atom. The van der Waals surface area contributed by atoms with E-state index >= 15 is 0 Å². The Hall–Kier alpha value is -2.05. The van der Waals surface area contributed by atoms with E-state index in [9.17, 15) is 4.79 Å². The van der Waals surface area contributed by atoms with Crippen molar-refractivity contribution in [2.24, 2.45) is 0 Å². The maximum atomic E-state index is 11.3. The van der Waals surface area contributed by atoms with Crippen molar-refractivity contribution in [1.29, 1.82) is 0 Å². The molecule has 22 heavy (non-hydrogen) atoms. The zero-order chi connectivity index (χ0) is 15.5. The summed E-state index contributed by atoms with van der Waals surface area (Å²) in [5, 5.41) is 7.13. The van der Waals surface area contributed by atoms with Gasteiger partial charge >= 0.3 is 5.97 Å². The zero-order valence-corrected chi connectivity index (χ0v) is 13.2. The van der Waals surface area contributed by atoms with Gasteiger partial charge in [0.05, 0.1) is 16.9 Å². The van der Waals surface area contributed by atoms with Gasteiger partial charge in [0, 0.05) is 0 Å². The van der Waals surface area contributed by atoms with Crippen LogP contribution in [0.1, 0.15) is 6.92 Å². The fraction of sp³-hybridized carbons (Fsp3) is 0.200. The first-order chi connectivity index (χ1) is 10.7. The van der Waals surface area contributed by atoms with Crippen molar-refractivity contribution in [2.45, 2.75) is 6.92 Å². The second kappa shape index (κ2) is 6.37. The summed E-state index contributed by atoms with van der Waals surface area (Å²) >= 11 is 7.84. The Kier molecular flexibility index (Phi) is 4.31. The molecule has 0 aliphatic heterocycles. The highest BCUT2D eigenvalue weighted by Gasteiger charge is 2.17. The first-order valence-corrected chi connectivity index (χ1v) is 7.86. The SMILES string of the molecule is CCOC(=O)COc1ccc2c(-c3cccs3)noc2c1Cl. The van der Waals surface area contributed by atoms with Gasteiger partial charge in [-0.3, -0.25) is 0 Å². The summed E-state index contributed by atoms with van der Waals surface area (Å²) in [6.07, 6.45) is 0. The van der Waals surface area contributed by atoms with Crippen molar-refractivity contribution in [2.75, 3.05) is 13.2 Å². The maximum Gasteiger partial charge on any atom is 0.344 e. The summed E-state index contributed by atoms with van der Waals surface area (Å²) in [7, 11) is 0. The van der Waals surface area contributed by atoms with Crippen LogP contribution in [-0.2, 0) is 9.53 Å². The summed E-state index contributed by atoms with van der Waals surface area (Å²) in [5.41, 5.74) is 1.18. The molecule has 5 nitrogen and oxygen atoms in total. The van der Waals surface area contributed by atoms with Gasteiger partial charge in [-0.2, -0.15) is 0 Å². The van der Waals surface area contributed by atoms with Crippen molar-refractivity contribution >= 4 is 39.9 Å². The summed E-state index contributed by atoms with van der Waals surface area (Å²) in [4.78, 5) is 12.3. The van der Waals surface area contributed by atoms with E-state index in [1.807, 2.05) is 23.6 Å². The number of carbonyl (C=O) groups excluding carboxylic acids is 1. The molecule has 0 saturated heterocycles. The van der Waals surface area contributed by atoms with Gasteiger partial charge in [0.1, 0.15) is 16.5 Å². The molecule has 2 heterocycles. The molecule has 7 heteroatoms. The van der Waals surface area contributed by atoms with E-state index in [0.717, 1.165) is 16.0 Å². The minimum atomic E-state index is -0.449. The molecule has 0 aliphatic carbocycles. The highest BCUT2D eigenvalue weighted by atomic mass is 35.5. The third-order valence-corrected chi connectivity index (χ3v) is 4.18. The summed E-state index contributed by atoms with van der Waals surface area (Å²) in [6.45, 7) is 1.84. The first-order valence-electron chi connectivity index (χ1n) is 6.61. The molecule has 0 spiro atoms. The predicted octanol–water partition coefficient (Wildman–Crippen LogP) is 4.15. The highest BCUT2D eigenvalue weighted by molar-refractivity contribution is 7.13. The van der Waals surface area contributed by atoms with Crippen LogP contribution in [0.3, 0.4) is 0 Å². The number of hydrogen-bond donors (Lipinski definition) is 0. The average Bonchev–Trinajstić information content (AvgIpc) is 3.16. The maximum absolute atomic E-state index is 11.3. The second-order valence-corrected chi connectivity index (χ2v) is 5.68. The lowest BCUT2D eigenvalue weighted by atomic mass is 10.2. The van der Waals surface area contributed by atoms with E-state index < -0.39 is 5.97 Å². The van der Waals surface area contributed by atoms with Crippen LogP contribution in [-0.4, -0.2) is 24.3 Å². The van der Waals surface area contributed by atoms with E-state index in [2.05, 4.69) is 5.16 Å². The minimum Gasteiger partial charge on any atom is -0.480 e. The van der Waals surface area contributed by atoms with Crippen molar-refractivity contribution < 1.29 is 18.8 Å². The van der Waals surface area contributed by atoms with E-state index in [1.54, 1.807) is 24.3 Å². The first kappa shape index (κ1) is 14.9. The number of hydrogen-bond acceptors (Lipinski definition) is 6. The second-order valence-electron chi connectivity index (χ2n) is 4.36. The lowest BCUT2D eigenvalue weighted by molar-refractivity contribution is -0.145. The fourth-order valence-electron chi connectivity index (χ4n) is 2.00. The van der Waals surface area contributed by atoms with Crippen molar-refractivity contribution in [3.63, 3.8) is 0 Å². The highest BCUT2D eigenvalue weighted by Crippen LogP contribution is 2.38. The summed E-state index contributed by atoms with van der Waals surface area (Å²) in [5.74, 6) is -0.0911. The standard InChI is InChI=1S/C15H12ClNO4S/c1-2-19-12(18)8-20-10-6-5-9-14(11-4-3-7-22-11)17-21-15(9)13(10)16/h3-7H,2,8H2,1H3. The number of carbonyl (C=O) groups is 1. The molecule has 0 N–H and O–H groups in total. The summed E-state index contributed by atoms with van der Waals surface area (Å²) in [6, 6.07) is 7.41. The number of fused-ring (bicyclic) bond motifs is 1. The van der Waals surface area contributed by atoms with Gasteiger partial charge in [-0.05, 0) is 30.5 Å². The molecule has 114 valence electrons. The van der Waals surface area contributed by atoms with Crippen LogP contribution in [0.2, 0.25) is 5.02 Å². The monoisotopic (exact) mass is 337 g/mol. The zero-order valence-electron chi connectivity index (χ0n) is 11.7. The molecule has 0 aliphatic rings. The molecule has 1 aromatic carbocycles. The number of rotatable bonds is 5. The Morgan fingerprint density at radius 2 is 2.27 bits per heavy atom. The van der Waals surface area contributed by atoms with Crippen LogP contribution < -0.4 is 4.74 Å². The van der Waals surface area contributed by atoms with Crippen molar-refractivity contribution in [3.05, 3.63) is 34.7 Å². The molecular formula is C15H12ClNO4S. The van der Waals surface area contributed by atoms with Gasteiger partial charge < -0.3 is 14.0 Å². The van der Waals surface area contributed by atoms with Crippen LogP contribution in [0.15, 0.2) is 34.2 Å². The quantitative estimate of drug-likeness (QED) is 0.654. The minimum absolute atomic E-state index is 0.203. The predicted molar refractivity (Wildman–Crippen MR) is 84.5 cm³/mol. The third-order valence-electron chi connectivity index (χ3n) is 2.95. The largest absolute Gasteiger partial charge is 0.480 e. The van der Waals surface area contributed by atoms with Crippen LogP contribution in [0.5, 0.6) is 5.75 Å². The number of thiophene rings is 1. The number of esters is 1. The number of ether oxygens (including phenoxy) is 2. The molecule has 0 unspecified atom stereocenters. The van der Waals surface area contributed by atoms with Crippen LogP contribution >= 0.6 is 22.9 Å². The molecule has 0 saturated carbocycles. The number of nitrogens with zero attached hydrogens (tertiary/aromatic N) is 1. The van der Waals surface area contributed by atoms with Crippen LogP contribution in [0.25, 0.3) is 21.5 Å². The number of aromatic nitrogens is 1. The lowest BCUT2D eigenvalue weighted by Crippen LogP contribution is -2.14. The Bertz CT molecular complexity index is 797. The average molecular weight is 338 g/mol. The molecule has 0 fully saturated rings. The van der Waals surface area contributed by atoms with Gasteiger partial charge in [0.25, 0.3) is 0 Å². The van der Waals surface area contributed by atoms with Crippen LogP contribution in [0.4, 0.5) is 0 Å². The Morgan fingerprint density at radius 1 is 1.41 bits per heavy atom. The topological polar surface area (TPSA) is 61.6 Å². The molecule has 0 atom stereocenters. The molecular weight excluding hydrogens is 326 g/mol. The number of benzene rings is 1. The van der Waals surface area contributed by atoms with Crippen molar-refractivity contribution in [1.82, 2.24) is 5.16 Å². The van der Waals surface area contributed by atoms with E-state index in [1.165, 1.54) is 0 Å². The van der Waals surface area contributed by atoms with Gasteiger partial charge in [-0.15, -0.1) is 11.3 Å². The van der Waals surface area contributed by atoms with Gasteiger partial charge in [0.2, 0.25) is 0 Å². The van der Waals surface area contributed by atoms with Gasteiger partial charge in [-0.25, -0.2) is 4.79 Å². The third kappa shape index (κ3) is 2.80. The molecule has 2 aromatic heterocycles. The Balaban J connectivity index is 1.89. The van der Waals surface area contributed by atoms with Crippen molar-refractivity contribution in [3.8, 4) is 16.3 Å². The fourth-order valence-corrected chi connectivity index (χ4v) is 2.97. The van der Waals surface area contributed by atoms with Gasteiger partial charge in [-0.1, -0.05) is 22.8 Å². The molecule has 0 amide bonds. The smallest absolute Gasteiger partial charge is 0.344 e. The lowest BCUT2D eigenvalue weighted by Gasteiger charge is -2.07. The molecule has 0 radical (unpaired) electrons. The van der Waals surface area contributed by atoms with E-state index in [-0.39, 0.29) is 11.6 Å². The summed E-state index contributed by atoms with van der Waals surface area (Å²) < 4.78 is 15.5. The molecule has 3 rings (SSSR count). The van der Waals surface area contributed by atoms with Crippen LogP contribution in [0, 0.1) is 0 Å². The normalized spacial score (nSPS) is 10.8. The molecule has 3 aromatic rings. The van der Waals surface area contributed by atoms with E-state index in [4.69, 9.17) is 25.6 Å².